The van der Waals surface area contributed by atoms with E-state index in [9.17, 15) is 4.79 Å². The molecule has 0 spiro atoms. The molecule has 2 fully saturated rings. The highest BCUT2D eigenvalue weighted by Crippen LogP contribution is 2.48. The number of anilines is 1. The molecular formula is C16H20ClNO2. The Labute approximate surface area is 124 Å². The molecule has 1 aromatic rings. The molecule has 0 amide bonds. The summed E-state index contributed by atoms with van der Waals surface area (Å²) in [7, 11) is 2.04. The van der Waals surface area contributed by atoms with E-state index in [1.165, 1.54) is 19.3 Å². The zero-order valence-corrected chi connectivity index (χ0v) is 12.5. The zero-order chi connectivity index (χ0) is 14.2. The van der Waals surface area contributed by atoms with Gasteiger partial charge in [-0.3, -0.25) is 4.79 Å². The molecule has 4 heteroatoms. The molecular weight excluding hydrogens is 274 g/mol. The van der Waals surface area contributed by atoms with Gasteiger partial charge in [0.2, 0.25) is 0 Å². The summed E-state index contributed by atoms with van der Waals surface area (Å²) in [6.45, 7) is 1.80. The number of rotatable bonds is 4. The van der Waals surface area contributed by atoms with Crippen LogP contribution in [-0.2, 0) is 4.74 Å². The lowest BCUT2D eigenvalue weighted by Gasteiger charge is -2.34. The average molecular weight is 294 g/mol. The zero-order valence-electron chi connectivity index (χ0n) is 11.8. The minimum Gasteiger partial charge on any atom is -0.378 e. The lowest BCUT2D eigenvalue weighted by atomic mass is 9.82. The lowest BCUT2D eigenvalue weighted by molar-refractivity contribution is 0.0730. The van der Waals surface area contributed by atoms with E-state index >= 15 is 0 Å². The number of carbonyl (C=O) groups is 1. The number of carbonyl (C=O) groups excluding carboxylic acids is 1. The Morgan fingerprint density at radius 3 is 3.15 bits per heavy atom. The average Bonchev–Trinajstić information content (AvgIpc) is 2.97. The van der Waals surface area contributed by atoms with Crippen LogP contribution in [0.1, 0.15) is 36.0 Å². The molecule has 3 nitrogen and oxygen atoms in total. The molecule has 1 saturated carbocycles. The molecule has 1 heterocycles. The van der Waals surface area contributed by atoms with Gasteiger partial charge in [0.15, 0.2) is 6.29 Å². The molecule has 0 radical (unpaired) electrons. The van der Waals surface area contributed by atoms with Crippen LogP contribution in [-0.4, -0.2) is 32.6 Å². The molecule has 0 bridgehead atoms. The highest BCUT2D eigenvalue weighted by Gasteiger charge is 2.48. The van der Waals surface area contributed by atoms with Gasteiger partial charge in [-0.15, -0.1) is 0 Å². The number of halogens is 1. The number of aldehydes is 1. The molecule has 2 atom stereocenters. The smallest absolute Gasteiger partial charge is 0.152 e. The van der Waals surface area contributed by atoms with Crippen LogP contribution in [0.25, 0.3) is 0 Å². The Balaban J connectivity index is 1.84. The molecule has 1 aromatic carbocycles. The topological polar surface area (TPSA) is 29.5 Å². The van der Waals surface area contributed by atoms with Crippen molar-refractivity contribution in [3.8, 4) is 0 Å². The summed E-state index contributed by atoms with van der Waals surface area (Å²) in [6, 6.07) is 5.43. The summed E-state index contributed by atoms with van der Waals surface area (Å²) in [6.07, 6.45) is 6.05. The fraction of sp³-hybridized carbons (Fsp3) is 0.562. The summed E-state index contributed by atoms with van der Waals surface area (Å²) in [5, 5.41) is 0.667. The third-order valence-electron chi connectivity index (χ3n) is 4.83. The van der Waals surface area contributed by atoms with Gasteiger partial charge in [0.25, 0.3) is 0 Å². The largest absolute Gasteiger partial charge is 0.378 e. The molecule has 0 N–H and O–H groups in total. The Bertz CT molecular complexity index is 507. The van der Waals surface area contributed by atoms with Crippen LogP contribution < -0.4 is 4.90 Å². The first kappa shape index (κ1) is 13.9. The minimum atomic E-state index is 0.261. The van der Waals surface area contributed by atoms with E-state index in [0.29, 0.717) is 16.7 Å². The molecule has 0 aromatic heterocycles. The van der Waals surface area contributed by atoms with E-state index in [1.54, 1.807) is 12.1 Å². The van der Waals surface area contributed by atoms with Gasteiger partial charge in [-0.1, -0.05) is 18.0 Å². The van der Waals surface area contributed by atoms with Crippen molar-refractivity contribution >= 4 is 23.6 Å². The maximum atomic E-state index is 11.2. The number of hydrogen-bond acceptors (Lipinski definition) is 3. The maximum absolute atomic E-state index is 11.2. The molecule has 0 unspecified atom stereocenters. The van der Waals surface area contributed by atoms with E-state index in [4.69, 9.17) is 16.3 Å². The van der Waals surface area contributed by atoms with Gasteiger partial charge in [-0.25, -0.2) is 0 Å². The molecule has 1 aliphatic carbocycles. The van der Waals surface area contributed by atoms with Crippen LogP contribution in [0.4, 0.5) is 5.69 Å². The fourth-order valence-corrected chi connectivity index (χ4v) is 3.99. The van der Waals surface area contributed by atoms with E-state index in [-0.39, 0.29) is 5.41 Å². The Hall–Kier alpha value is -1.06. The first-order valence-electron chi connectivity index (χ1n) is 7.22. The monoisotopic (exact) mass is 293 g/mol. The second kappa shape index (κ2) is 5.38. The molecule has 3 rings (SSSR count). The second-order valence-corrected chi connectivity index (χ2v) is 6.48. The molecule has 2 aliphatic rings. The summed E-state index contributed by atoms with van der Waals surface area (Å²) >= 11 is 6.08. The van der Waals surface area contributed by atoms with Crippen molar-refractivity contribution in [3.05, 3.63) is 28.8 Å². The molecule has 1 saturated heterocycles. The number of nitrogens with zero attached hydrogens (tertiary/aromatic N) is 1. The Morgan fingerprint density at radius 2 is 2.35 bits per heavy atom. The predicted molar refractivity (Wildman–Crippen MR) is 80.8 cm³/mol. The van der Waals surface area contributed by atoms with Crippen molar-refractivity contribution in [3.63, 3.8) is 0 Å². The van der Waals surface area contributed by atoms with Crippen LogP contribution in [0.5, 0.6) is 0 Å². The van der Waals surface area contributed by atoms with E-state index in [2.05, 4.69) is 4.90 Å². The number of fused-ring (bicyclic) bond motifs is 1. The predicted octanol–water partition coefficient (Wildman–Crippen LogP) is 3.55. The molecule has 20 heavy (non-hydrogen) atoms. The maximum Gasteiger partial charge on any atom is 0.152 e. The lowest BCUT2D eigenvalue weighted by Crippen LogP contribution is -2.38. The quantitative estimate of drug-likeness (QED) is 0.795. The SMILES string of the molecule is CN(C[C@]12CCC[C@H]1OCC2)c1cc(Cl)ccc1C=O. The molecule has 108 valence electrons. The Morgan fingerprint density at radius 1 is 1.50 bits per heavy atom. The second-order valence-electron chi connectivity index (χ2n) is 6.04. The van der Waals surface area contributed by atoms with Crippen molar-refractivity contribution in [1.29, 1.82) is 0 Å². The summed E-state index contributed by atoms with van der Waals surface area (Å²) < 4.78 is 5.88. The number of hydrogen-bond donors (Lipinski definition) is 0. The van der Waals surface area contributed by atoms with Gasteiger partial charge >= 0.3 is 0 Å². The van der Waals surface area contributed by atoms with Gasteiger partial charge in [0, 0.05) is 41.9 Å². The van der Waals surface area contributed by atoms with Gasteiger partial charge < -0.3 is 9.64 Å². The van der Waals surface area contributed by atoms with Gasteiger partial charge in [0.1, 0.15) is 0 Å². The van der Waals surface area contributed by atoms with Crippen LogP contribution in [0.2, 0.25) is 5.02 Å². The van der Waals surface area contributed by atoms with Crippen LogP contribution >= 0.6 is 11.6 Å². The number of ether oxygens (including phenoxy) is 1. The highest BCUT2D eigenvalue weighted by atomic mass is 35.5. The van der Waals surface area contributed by atoms with Crippen molar-refractivity contribution in [1.82, 2.24) is 0 Å². The van der Waals surface area contributed by atoms with Crippen molar-refractivity contribution < 1.29 is 9.53 Å². The minimum absolute atomic E-state index is 0.261. The Kier molecular flexibility index (Phi) is 3.74. The van der Waals surface area contributed by atoms with Crippen LogP contribution in [0.3, 0.4) is 0 Å². The highest BCUT2D eigenvalue weighted by molar-refractivity contribution is 6.31. The third-order valence-corrected chi connectivity index (χ3v) is 5.06. The molecule has 1 aliphatic heterocycles. The van der Waals surface area contributed by atoms with E-state index < -0.39 is 0 Å². The van der Waals surface area contributed by atoms with Crippen LogP contribution in [0.15, 0.2) is 18.2 Å². The first-order valence-corrected chi connectivity index (χ1v) is 7.60. The summed E-state index contributed by atoms with van der Waals surface area (Å²) in [4.78, 5) is 13.4. The van der Waals surface area contributed by atoms with E-state index in [0.717, 1.165) is 31.5 Å². The summed E-state index contributed by atoms with van der Waals surface area (Å²) in [5.41, 5.74) is 1.87. The van der Waals surface area contributed by atoms with Gasteiger partial charge in [-0.05, 0) is 37.5 Å². The van der Waals surface area contributed by atoms with Crippen LogP contribution in [0, 0.1) is 5.41 Å². The standard InChI is InChI=1S/C16H20ClNO2/c1-18(14-9-13(17)5-4-12(14)10-19)11-16-6-2-3-15(16)20-8-7-16/h4-5,9-10,15H,2-3,6-8,11H2,1H3/t15-,16-/m1/s1. The summed E-state index contributed by atoms with van der Waals surface area (Å²) in [5.74, 6) is 0. The van der Waals surface area contributed by atoms with Gasteiger partial charge in [-0.2, -0.15) is 0 Å². The van der Waals surface area contributed by atoms with Crippen molar-refractivity contribution in [2.24, 2.45) is 5.41 Å². The van der Waals surface area contributed by atoms with Gasteiger partial charge in [0.05, 0.1) is 6.10 Å². The first-order chi connectivity index (χ1) is 9.64. The fourth-order valence-electron chi connectivity index (χ4n) is 3.82. The normalized spacial score (nSPS) is 28.4. The number of benzene rings is 1. The van der Waals surface area contributed by atoms with E-state index in [1.807, 2.05) is 13.1 Å². The third kappa shape index (κ3) is 2.33. The van der Waals surface area contributed by atoms with Crippen molar-refractivity contribution in [2.45, 2.75) is 31.8 Å². The van der Waals surface area contributed by atoms with Crippen molar-refractivity contribution in [2.75, 3.05) is 25.1 Å².